The van der Waals surface area contributed by atoms with Crippen LogP contribution in [0, 0.1) is 0 Å². The van der Waals surface area contributed by atoms with Crippen LogP contribution < -0.4 is 0 Å². The molecule has 0 N–H and O–H groups in total. The molecule has 0 saturated carbocycles. The van der Waals surface area contributed by atoms with Crippen LogP contribution in [0.4, 0.5) is 0 Å². The Hall–Kier alpha value is -0.830. The molecule has 0 aliphatic heterocycles. The lowest BCUT2D eigenvalue weighted by molar-refractivity contribution is -0.118. The highest BCUT2D eigenvalue weighted by Gasteiger charge is 2.16. The van der Waals surface area contributed by atoms with Crippen molar-refractivity contribution in [3.8, 4) is 0 Å². The van der Waals surface area contributed by atoms with Crippen LogP contribution in [0.2, 0.25) is 5.02 Å². The molecule has 0 unspecified atom stereocenters. The Balaban J connectivity index is 2.60. The molecule has 1 aromatic rings. The van der Waals surface area contributed by atoms with Crippen molar-refractivity contribution in [3.05, 3.63) is 16.4 Å². The highest BCUT2D eigenvalue weighted by atomic mass is 35.5. The predicted molar refractivity (Wildman–Crippen MR) is 79.8 cm³/mol. The van der Waals surface area contributed by atoms with E-state index >= 15 is 0 Å². The van der Waals surface area contributed by atoms with Crippen LogP contribution in [0.1, 0.15) is 64.3 Å². The molecule has 0 saturated heterocycles. The molecule has 1 aromatic heterocycles. The topological polar surface area (TPSA) is 34.9 Å². The minimum absolute atomic E-state index is 0.273. The van der Waals surface area contributed by atoms with Crippen molar-refractivity contribution in [2.24, 2.45) is 0 Å². The summed E-state index contributed by atoms with van der Waals surface area (Å²) < 4.78 is 1.87. The van der Waals surface area contributed by atoms with Gasteiger partial charge in [-0.3, -0.25) is 9.48 Å². The lowest BCUT2D eigenvalue weighted by Gasteiger charge is -2.05. The molecule has 3 nitrogen and oxygen atoms in total. The maximum atomic E-state index is 12.0. The summed E-state index contributed by atoms with van der Waals surface area (Å²) in [6, 6.07) is 0. The Bertz CT molecular complexity index is 413. The fourth-order valence-electron chi connectivity index (χ4n) is 2.21. The Morgan fingerprint density at radius 2 is 1.95 bits per heavy atom. The molecule has 0 atom stereocenters. The molecule has 108 valence electrons. The van der Waals surface area contributed by atoms with Gasteiger partial charge in [-0.2, -0.15) is 5.10 Å². The fraction of sp³-hybridized carbons (Fsp3) is 0.733. The van der Waals surface area contributed by atoms with Gasteiger partial charge in [0.05, 0.1) is 16.4 Å². The van der Waals surface area contributed by atoms with Crippen molar-refractivity contribution in [2.45, 2.75) is 72.3 Å². The van der Waals surface area contributed by atoms with E-state index in [9.17, 15) is 4.79 Å². The van der Waals surface area contributed by atoms with Crippen LogP contribution in [0.25, 0.3) is 0 Å². The molecule has 19 heavy (non-hydrogen) atoms. The van der Waals surface area contributed by atoms with Crippen LogP contribution in [0.3, 0.4) is 0 Å². The second-order valence-electron chi connectivity index (χ2n) is 4.90. The van der Waals surface area contributed by atoms with E-state index in [-0.39, 0.29) is 5.78 Å². The molecule has 0 spiro atoms. The molecule has 0 fully saturated rings. The van der Waals surface area contributed by atoms with Crippen LogP contribution in [-0.2, 0) is 24.2 Å². The van der Waals surface area contributed by atoms with Crippen LogP contribution in [0.5, 0.6) is 0 Å². The highest BCUT2D eigenvalue weighted by molar-refractivity contribution is 6.32. The van der Waals surface area contributed by atoms with E-state index in [1.54, 1.807) is 0 Å². The van der Waals surface area contributed by atoms with Gasteiger partial charge in [0.25, 0.3) is 0 Å². The van der Waals surface area contributed by atoms with Gasteiger partial charge in [0.1, 0.15) is 5.78 Å². The van der Waals surface area contributed by atoms with E-state index in [1.807, 2.05) is 18.5 Å². The summed E-state index contributed by atoms with van der Waals surface area (Å²) in [5, 5.41) is 5.13. The largest absolute Gasteiger partial charge is 0.299 e. The zero-order chi connectivity index (χ0) is 14.3. The SMILES string of the molecule is CCCCCCC(=O)Cc1c(Cl)c(CC)nn1CC. The number of aromatic nitrogens is 2. The minimum Gasteiger partial charge on any atom is -0.299 e. The van der Waals surface area contributed by atoms with Gasteiger partial charge in [-0.05, 0) is 19.8 Å². The number of halogens is 1. The van der Waals surface area contributed by atoms with Gasteiger partial charge in [0, 0.05) is 19.4 Å². The quantitative estimate of drug-likeness (QED) is 0.637. The highest BCUT2D eigenvalue weighted by Crippen LogP contribution is 2.22. The molecule has 0 amide bonds. The standard InChI is InChI=1S/C15H25ClN2O/c1-4-7-8-9-10-12(19)11-14-15(16)13(5-2)17-18(14)6-3/h4-11H2,1-3H3. The lowest BCUT2D eigenvalue weighted by atomic mass is 10.1. The zero-order valence-electron chi connectivity index (χ0n) is 12.3. The first-order valence-electron chi connectivity index (χ1n) is 7.39. The Morgan fingerprint density at radius 1 is 1.21 bits per heavy atom. The summed E-state index contributed by atoms with van der Waals surface area (Å²) in [5.74, 6) is 0.273. The number of aryl methyl sites for hydroxylation is 2. The number of nitrogens with zero attached hydrogens (tertiary/aromatic N) is 2. The molecule has 1 heterocycles. The third kappa shape index (κ3) is 4.64. The summed E-state index contributed by atoms with van der Waals surface area (Å²) in [4.78, 5) is 12.0. The smallest absolute Gasteiger partial charge is 0.138 e. The summed E-state index contributed by atoms with van der Waals surface area (Å²) >= 11 is 6.30. The summed E-state index contributed by atoms with van der Waals surface area (Å²) in [5.41, 5.74) is 1.79. The number of carbonyl (C=O) groups is 1. The lowest BCUT2D eigenvalue weighted by Crippen LogP contribution is -2.09. The summed E-state index contributed by atoms with van der Waals surface area (Å²) in [7, 11) is 0. The van der Waals surface area contributed by atoms with E-state index < -0.39 is 0 Å². The fourth-order valence-corrected chi connectivity index (χ4v) is 2.55. The Morgan fingerprint density at radius 3 is 2.53 bits per heavy atom. The first-order chi connectivity index (χ1) is 9.13. The minimum atomic E-state index is 0.273. The molecule has 4 heteroatoms. The molecular weight excluding hydrogens is 260 g/mol. The number of ketones is 1. The van der Waals surface area contributed by atoms with Crippen molar-refractivity contribution < 1.29 is 4.79 Å². The maximum Gasteiger partial charge on any atom is 0.138 e. The summed E-state index contributed by atoms with van der Waals surface area (Å²) in [6.07, 6.45) is 6.43. The van der Waals surface area contributed by atoms with Crippen LogP contribution >= 0.6 is 11.6 Å². The first-order valence-corrected chi connectivity index (χ1v) is 7.77. The molecule has 0 aromatic carbocycles. The average Bonchev–Trinajstić information content (AvgIpc) is 2.71. The first kappa shape index (κ1) is 16.2. The Kier molecular flexibility index (Phi) is 7.14. The molecule has 0 aliphatic carbocycles. The van der Waals surface area contributed by atoms with Gasteiger partial charge in [-0.15, -0.1) is 0 Å². The van der Waals surface area contributed by atoms with E-state index in [1.165, 1.54) is 12.8 Å². The van der Waals surface area contributed by atoms with Crippen molar-refractivity contribution in [1.82, 2.24) is 9.78 Å². The number of Topliss-reactive ketones (excluding diaryl/α,β-unsaturated/α-hetero) is 1. The van der Waals surface area contributed by atoms with E-state index in [4.69, 9.17) is 11.6 Å². The average molecular weight is 285 g/mol. The third-order valence-corrected chi connectivity index (χ3v) is 3.80. The number of carbonyl (C=O) groups excluding carboxylic acids is 1. The number of rotatable bonds is 9. The second kappa shape index (κ2) is 8.36. The number of hydrogen-bond acceptors (Lipinski definition) is 2. The van der Waals surface area contributed by atoms with Gasteiger partial charge in [0.15, 0.2) is 0 Å². The van der Waals surface area contributed by atoms with E-state index in [2.05, 4.69) is 12.0 Å². The van der Waals surface area contributed by atoms with Crippen molar-refractivity contribution in [3.63, 3.8) is 0 Å². The van der Waals surface area contributed by atoms with Crippen LogP contribution in [0.15, 0.2) is 0 Å². The van der Waals surface area contributed by atoms with Gasteiger partial charge in [0.2, 0.25) is 0 Å². The monoisotopic (exact) mass is 284 g/mol. The maximum absolute atomic E-state index is 12.0. The normalized spacial score (nSPS) is 10.9. The van der Waals surface area contributed by atoms with Gasteiger partial charge < -0.3 is 0 Å². The number of hydrogen-bond donors (Lipinski definition) is 0. The van der Waals surface area contributed by atoms with E-state index in [0.29, 0.717) is 17.9 Å². The van der Waals surface area contributed by atoms with Gasteiger partial charge in [-0.25, -0.2) is 0 Å². The van der Waals surface area contributed by atoms with E-state index in [0.717, 1.165) is 37.2 Å². The predicted octanol–water partition coefficient (Wildman–Crippen LogP) is 4.20. The molecule has 0 radical (unpaired) electrons. The van der Waals surface area contributed by atoms with Crippen LogP contribution in [-0.4, -0.2) is 15.6 Å². The molecule has 0 aliphatic rings. The van der Waals surface area contributed by atoms with Crippen molar-refractivity contribution in [2.75, 3.05) is 0 Å². The third-order valence-electron chi connectivity index (χ3n) is 3.37. The molecule has 1 rings (SSSR count). The second-order valence-corrected chi connectivity index (χ2v) is 5.28. The van der Waals surface area contributed by atoms with Crippen molar-refractivity contribution >= 4 is 17.4 Å². The molecular formula is C15H25ClN2O. The van der Waals surface area contributed by atoms with Gasteiger partial charge in [-0.1, -0.05) is 44.7 Å². The summed E-state index contributed by atoms with van der Waals surface area (Å²) in [6.45, 7) is 6.99. The molecule has 0 bridgehead atoms. The Labute approximate surface area is 121 Å². The number of unbranched alkanes of at least 4 members (excludes halogenated alkanes) is 3. The van der Waals surface area contributed by atoms with Gasteiger partial charge >= 0.3 is 0 Å². The zero-order valence-corrected chi connectivity index (χ0v) is 13.1. The van der Waals surface area contributed by atoms with Crippen molar-refractivity contribution in [1.29, 1.82) is 0 Å².